The van der Waals surface area contributed by atoms with E-state index in [4.69, 9.17) is 0 Å². The fraction of sp³-hybridized carbons (Fsp3) is 0.250. The second-order valence-corrected chi connectivity index (χ2v) is 6.24. The van der Waals surface area contributed by atoms with Crippen LogP contribution in [0.4, 0.5) is 5.69 Å². The van der Waals surface area contributed by atoms with Crippen molar-refractivity contribution in [2.24, 2.45) is 5.92 Å². The molecule has 2 aromatic rings. The number of hydrogen-bond donors (Lipinski definition) is 2. The summed E-state index contributed by atoms with van der Waals surface area (Å²) in [6, 6.07) is 11.1. The van der Waals surface area contributed by atoms with E-state index in [-0.39, 0.29) is 23.8 Å². The maximum Gasteiger partial charge on any atom is 0.244 e. The van der Waals surface area contributed by atoms with E-state index in [2.05, 4.69) is 15.6 Å². The Kier molecular flexibility index (Phi) is 5.23. The smallest absolute Gasteiger partial charge is 0.244 e. The molecule has 1 aromatic carbocycles. The van der Waals surface area contributed by atoms with Crippen molar-refractivity contribution in [3.63, 3.8) is 0 Å². The van der Waals surface area contributed by atoms with E-state index in [0.717, 1.165) is 29.7 Å². The van der Waals surface area contributed by atoms with Crippen LogP contribution in [0.3, 0.4) is 0 Å². The van der Waals surface area contributed by atoms with Gasteiger partial charge in [-0.1, -0.05) is 18.2 Å². The lowest BCUT2D eigenvalue weighted by atomic mass is 10.1. The SMILES string of the molecule is C[C@@H](NC(=O)/C=C/c1cccnc1)c1ccc(NC(=O)C2CC2)cc1. The minimum Gasteiger partial charge on any atom is -0.346 e. The number of carbonyl (C=O) groups excluding carboxylic acids is 2. The summed E-state index contributed by atoms with van der Waals surface area (Å²) in [4.78, 5) is 27.8. The molecule has 1 aliphatic rings. The number of hydrogen-bond acceptors (Lipinski definition) is 3. The van der Waals surface area contributed by atoms with Crippen molar-refractivity contribution < 1.29 is 9.59 Å². The third-order valence-corrected chi connectivity index (χ3v) is 4.10. The molecule has 1 aliphatic carbocycles. The summed E-state index contributed by atoms with van der Waals surface area (Å²) in [7, 11) is 0. The van der Waals surface area contributed by atoms with Gasteiger partial charge < -0.3 is 10.6 Å². The van der Waals surface area contributed by atoms with Crippen LogP contribution in [0.15, 0.2) is 54.9 Å². The van der Waals surface area contributed by atoms with E-state index in [1.54, 1.807) is 18.5 Å². The van der Waals surface area contributed by atoms with E-state index in [1.165, 1.54) is 6.08 Å². The summed E-state index contributed by atoms with van der Waals surface area (Å²) in [5.74, 6) is 0.113. The van der Waals surface area contributed by atoms with Crippen LogP contribution in [-0.4, -0.2) is 16.8 Å². The first-order chi connectivity index (χ1) is 12.1. The number of carbonyl (C=O) groups is 2. The van der Waals surface area contributed by atoms with Crippen molar-refractivity contribution in [2.45, 2.75) is 25.8 Å². The third-order valence-electron chi connectivity index (χ3n) is 4.10. The zero-order chi connectivity index (χ0) is 17.6. The van der Waals surface area contributed by atoms with Crippen LogP contribution in [-0.2, 0) is 9.59 Å². The van der Waals surface area contributed by atoms with Gasteiger partial charge in [-0.3, -0.25) is 14.6 Å². The third kappa shape index (κ3) is 5.01. The summed E-state index contributed by atoms with van der Waals surface area (Å²) in [5.41, 5.74) is 2.64. The Morgan fingerprint density at radius 1 is 1.20 bits per heavy atom. The molecule has 0 bridgehead atoms. The molecule has 1 atom stereocenters. The average Bonchev–Trinajstić information content (AvgIpc) is 3.46. The molecule has 5 heteroatoms. The second kappa shape index (κ2) is 7.75. The van der Waals surface area contributed by atoms with Gasteiger partial charge in [0.15, 0.2) is 0 Å². The Hall–Kier alpha value is -2.95. The van der Waals surface area contributed by atoms with Gasteiger partial charge in [0, 0.05) is 30.1 Å². The Labute approximate surface area is 147 Å². The van der Waals surface area contributed by atoms with E-state index < -0.39 is 0 Å². The second-order valence-electron chi connectivity index (χ2n) is 6.24. The van der Waals surface area contributed by atoms with Gasteiger partial charge in [0.2, 0.25) is 11.8 Å². The lowest BCUT2D eigenvalue weighted by Crippen LogP contribution is -2.24. The highest BCUT2D eigenvalue weighted by atomic mass is 16.2. The summed E-state index contributed by atoms with van der Waals surface area (Å²) in [5, 5.41) is 5.83. The van der Waals surface area contributed by atoms with Gasteiger partial charge in [-0.2, -0.15) is 0 Å². The summed E-state index contributed by atoms with van der Waals surface area (Å²) >= 11 is 0. The van der Waals surface area contributed by atoms with Crippen molar-refractivity contribution in [2.75, 3.05) is 5.32 Å². The first-order valence-corrected chi connectivity index (χ1v) is 8.41. The van der Waals surface area contributed by atoms with Crippen LogP contribution in [0.2, 0.25) is 0 Å². The fourth-order valence-electron chi connectivity index (χ4n) is 2.44. The molecule has 0 spiro atoms. The highest BCUT2D eigenvalue weighted by molar-refractivity contribution is 5.94. The Bertz CT molecular complexity index is 765. The lowest BCUT2D eigenvalue weighted by Gasteiger charge is -2.14. The van der Waals surface area contributed by atoms with E-state index in [9.17, 15) is 9.59 Å². The molecular formula is C20H21N3O2. The van der Waals surface area contributed by atoms with Crippen LogP contribution in [0.1, 0.15) is 36.9 Å². The maximum atomic E-state index is 12.0. The van der Waals surface area contributed by atoms with Gasteiger partial charge in [0.25, 0.3) is 0 Å². The molecule has 2 amide bonds. The molecule has 2 N–H and O–H groups in total. The number of benzene rings is 1. The molecule has 1 aromatic heterocycles. The topological polar surface area (TPSA) is 71.1 Å². The average molecular weight is 335 g/mol. The largest absolute Gasteiger partial charge is 0.346 e. The Balaban J connectivity index is 1.53. The highest BCUT2D eigenvalue weighted by Crippen LogP contribution is 2.30. The molecule has 3 rings (SSSR count). The predicted molar refractivity (Wildman–Crippen MR) is 97.6 cm³/mol. The Morgan fingerprint density at radius 2 is 1.96 bits per heavy atom. The molecule has 0 aliphatic heterocycles. The summed E-state index contributed by atoms with van der Waals surface area (Å²) in [6.45, 7) is 1.92. The highest BCUT2D eigenvalue weighted by Gasteiger charge is 2.29. The standard InChI is InChI=1S/C20H21N3O2/c1-14(22-19(24)11-4-15-3-2-12-21-13-15)16-7-9-18(10-8-16)23-20(25)17-5-6-17/h2-4,7-14,17H,5-6H2,1H3,(H,22,24)(H,23,25)/b11-4+/t14-/m1/s1. The number of nitrogens with one attached hydrogen (secondary N) is 2. The van der Waals surface area contributed by atoms with Gasteiger partial charge in [-0.25, -0.2) is 0 Å². The molecule has 0 saturated heterocycles. The molecule has 25 heavy (non-hydrogen) atoms. The van der Waals surface area contributed by atoms with Gasteiger partial charge >= 0.3 is 0 Å². The van der Waals surface area contributed by atoms with Crippen LogP contribution >= 0.6 is 0 Å². The first-order valence-electron chi connectivity index (χ1n) is 8.41. The first kappa shape index (κ1) is 16.9. The van der Waals surface area contributed by atoms with Crippen molar-refractivity contribution in [1.82, 2.24) is 10.3 Å². The molecule has 1 heterocycles. The van der Waals surface area contributed by atoms with E-state index >= 15 is 0 Å². The number of nitrogens with zero attached hydrogens (tertiary/aromatic N) is 1. The van der Waals surface area contributed by atoms with Crippen LogP contribution in [0.5, 0.6) is 0 Å². The molecule has 0 radical (unpaired) electrons. The van der Waals surface area contributed by atoms with Crippen molar-refractivity contribution in [1.29, 1.82) is 0 Å². The maximum absolute atomic E-state index is 12.0. The number of pyridine rings is 1. The summed E-state index contributed by atoms with van der Waals surface area (Å²) in [6.07, 6.45) is 8.58. The lowest BCUT2D eigenvalue weighted by molar-refractivity contribution is -0.118. The van der Waals surface area contributed by atoms with Crippen LogP contribution < -0.4 is 10.6 Å². The normalized spacial score (nSPS) is 14.9. The number of rotatable bonds is 6. The van der Waals surface area contributed by atoms with Gasteiger partial charge in [-0.05, 0) is 55.2 Å². The molecule has 0 unspecified atom stereocenters. The number of anilines is 1. The number of aromatic nitrogens is 1. The summed E-state index contributed by atoms with van der Waals surface area (Å²) < 4.78 is 0. The minimum atomic E-state index is -0.164. The zero-order valence-corrected chi connectivity index (χ0v) is 14.1. The monoisotopic (exact) mass is 335 g/mol. The van der Waals surface area contributed by atoms with Crippen molar-refractivity contribution in [3.05, 3.63) is 66.0 Å². The molecular weight excluding hydrogens is 314 g/mol. The minimum absolute atomic E-state index is 0.0923. The molecule has 128 valence electrons. The van der Waals surface area contributed by atoms with Crippen molar-refractivity contribution in [3.8, 4) is 0 Å². The molecule has 1 saturated carbocycles. The van der Waals surface area contributed by atoms with E-state index in [1.807, 2.05) is 43.3 Å². The molecule has 5 nitrogen and oxygen atoms in total. The number of amides is 2. The van der Waals surface area contributed by atoms with Gasteiger partial charge in [0.05, 0.1) is 6.04 Å². The fourth-order valence-corrected chi connectivity index (χ4v) is 2.44. The van der Waals surface area contributed by atoms with Gasteiger partial charge in [-0.15, -0.1) is 0 Å². The van der Waals surface area contributed by atoms with Crippen molar-refractivity contribution >= 4 is 23.6 Å². The predicted octanol–water partition coefficient (Wildman–Crippen LogP) is 3.32. The zero-order valence-electron chi connectivity index (χ0n) is 14.1. The molecule has 1 fully saturated rings. The van der Waals surface area contributed by atoms with Gasteiger partial charge in [0.1, 0.15) is 0 Å². The van der Waals surface area contributed by atoms with E-state index in [0.29, 0.717) is 0 Å². The van der Waals surface area contributed by atoms with Crippen LogP contribution in [0, 0.1) is 5.92 Å². The Morgan fingerprint density at radius 3 is 2.60 bits per heavy atom. The quantitative estimate of drug-likeness (QED) is 0.796. The van der Waals surface area contributed by atoms with Crippen LogP contribution in [0.25, 0.3) is 6.08 Å².